The summed E-state index contributed by atoms with van der Waals surface area (Å²) >= 11 is 0. The van der Waals surface area contributed by atoms with Crippen LogP contribution in [0.15, 0.2) is 176 Å². The third-order valence-corrected chi connectivity index (χ3v) is 9.99. The van der Waals surface area contributed by atoms with Gasteiger partial charge in [-0.2, -0.15) is 0 Å². The van der Waals surface area contributed by atoms with E-state index in [2.05, 4.69) is 121 Å². The summed E-state index contributed by atoms with van der Waals surface area (Å²) in [6.07, 6.45) is 0. The maximum atomic E-state index is 6.65. The predicted octanol–water partition coefficient (Wildman–Crippen LogP) is 11.0. The molecule has 0 fully saturated rings. The van der Waals surface area contributed by atoms with Gasteiger partial charge in [-0.05, 0) is 64.7 Å². The van der Waals surface area contributed by atoms with E-state index in [-0.39, 0.29) is 0 Å². The summed E-state index contributed by atoms with van der Waals surface area (Å²) in [5, 5.41) is 0. The molecule has 0 atom stereocenters. The van der Waals surface area contributed by atoms with Crippen molar-refractivity contribution in [2.45, 2.75) is 5.41 Å². The second-order valence-corrected chi connectivity index (χ2v) is 12.8. The van der Waals surface area contributed by atoms with Crippen LogP contribution in [0, 0.1) is 0 Å². The highest BCUT2D eigenvalue weighted by Gasteiger charge is 2.51. The zero-order valence-electron chi connectivity index (χ0n) is 27.0. The van der Waals surface area contributed by atoms with Crippen LogP contribution >= 0.6 is 0 Å². The average molecular weight is 640 g/mol. The smallest absolute Gasteiger partial charge is 0.179 e. The van der Waals surface area contributed by atoms with Gasteiger partial charge in [-0.15, -0.1) is 0 Å². The normalized spacial score (nSPS) is 13.1. The van der Waals surface area contributed by atoms with Crippen molar-refractivity contribution < 1.29 is 4.74 Å². The van der Waals surface area contributed by atoms with Gasteiger partial charge in [0.1, 0.15) is 17.2 Å². The molecule has 234 valence electrons. The molecule has 0 bridgehead atoms. The largest absolute Gasteiger partial charge is 0.457 e. The molecule has 50 heavy (non-hydrogen) atoms. The monoisotopic (exact) mass is 639 g/mol. The summed E-state index contributed by atoms with van der Waals surface area (Å²) in [4.78, 5) is 15.3. The number of hydrogen-bond donors (Lipinski definition) is 0. The Balaban J connectivity index is 1.15. The highest BCUT2D eigenvalue weighted by atomic mass is 16.5. The fraction of sp³-hybridized carbons (Fsp3) is 0.0217. The maximum Gasteiger partial charge on any atom is 0.179 e. The van der Waals surface area contributed by atoms with Crippen LogP contribution in [0.4, 0.5) is 0 Å². The van der Waals surface area contributed by atoms with Crippen molar-refractivity contribution >= 4 is 0 Å². The third kappa shape index (κ3) is 4.28. The molecule has 1 aliphatic carbocycles. The minimum atomic E-state index is -0.539. The van der Waals surface area contributed by atoms with E-state index in [1.165, 1.54) is 22.3 Å². The first-order chi connectivity index (χ1) is 24.8. The molecule has 2 aromatic heterocycles. The zero-order valence-corrected chi connectivity index (χ0v) is 27.0. The quantitative estimate of drug-likeness (QED) is 0.192. The molecule has 6 aromatic carbocycles. The number of para-hydroxylation sites is 1. The number of fused-ring (bicyclic) bond motifs is 9. The van der Waals surface area contributed by atoms with E-state index in [0.717, 1.165) is 56.4 Å². The predicted molar refractivity (Wildman–Crippen MR) is 199 cm³/mol. The minimum Gasteiger partial charge on any atom is -0.457 e. The van der Waals surface area contributed by atoms with E-state index >= 15 is 0 Å². The number of nitrogens with zero attached hydrogens (tertiary/aromatic N) is 3. The number of hydrogen-bond acceptors (Lipinski definition) is 4. The van der Waals surface area contributed by atoms with Gasteiger partial charge in [-0.1, -0.05) is 133 Å². The fourth-order valence-corrected chi connectivity index (χ4v) is 7.81. The zero-order chi connectivity index (χ0) is 33.1. The molecule has 1 aliphatic heterocycles. The molecule has 3 heterocycles. The SMILES string of the molecule is c1ccc(-c2cc(-c3ccccc3)nc(-c3cccc(-c4ccc5c(c4)C4(c6ccccc6O5)c5ccccc5-c5ccccc54)n3)n2)cc1. The summed E-state index contributed by atoms with van der Waals surface area (Å²) in [5.41, 5.74) is 13.0. The molecule has 10 rings (SSSR count). The van der Waals surface area contributed by atoms with Crippen molar-refractivity contribution in [2.75, 3.05) is 0 Å². The van der Waals surface area contributed by atoms with E-state index < -0.39 is 5.41 Å². The topological polar surface area (TPSA) is 47.9 Å². The highest BCUT2D eigenvalue weighted by molar-refractivity contribution is 5.89. The molecule has 8 aromatic rings. The number of ether oxygens (including phenoxy) is 1. The summed E-state index contributed by atoms with van der Waals surface area (Å²) in [5.74, 6) is 2.31. The van der Waals surface area contributed by atoms with E-state index in [4.69, 9.17) is 19.7 Å². The summed E-state index contributed by atoms with van der Waals surface area (Å²) in [6.45, 7) is 0. The summed E-state index contributed by atoms with van der Waals surface area (Å²) in [7, 11) is 0. The first-order valence-electron chi connectivity index (χ1n) is 16.9. The fourth-order valence-electron chi connectivity index (χ4n) is 7.81. The van der Waals surface area contributed by atoms with Gasteiger partial charge in [0.2, 0.25) is 0 Å². The molecular formula is C46H29N3O. The lowest BCUT2D eigenvalue weighted by Gasteiger charge is -2.39. The van der Waals surface area contributed by atoms with Crippen LogP contribution in [0.5, 0.6) is 11.5 Å². The van der Waals surface area contributed by atoms with Crippen molar-refractivity contribution in [2.24, 2.45) is 0 Å². The number of pyridine rings is 1. The molecule has 0 saturated heterocycles. The van der Waals surface area contributed by atoms with Crippen LogP contribution in [-0.4, -0.2) is 15.0 Å². The van der Waals surface area contributed by atoms with Crippen molar-refractivity contribution in [1.82, 2.24) is 15.0 Å². The molecule has 2 aliphatic rings. The van der Waals surface area contributed by atoms with E-state index in [1.54, 1.807) is 0 Å². The van der Waals surface area contributed by atoms with Crippen molar-refractivity contribution in [1.29, 1.82) is 0 Å². The van der Waals surface area contributed by atoms with Crippen LogP contribution in [0.2, 0.25) is 0 Å². The van der Waals surface area contributed by atoms with Crippen LogP contribution in [0.3, 0.4) is 0 Å². The average Bonchev–Trinajstić information content (AvgIpc) is 3.49. The van der Waals surface area contributed by atoms with Crippen molar-refractivity contribution in [3.8, 4) is 67.9 Å². The molecule has 0 amide bonds. The Hall–Kier alpha value is -6.65. The van der Waals surface area contributed by atoms with Gasteiger partial charge in [0, 0.05) is 27.8 Å². The van der Waals surface area contributed by atoms with Crippen molar-refractivity contribution in [3.63, 3.8) is 0 Å². The summed E-state index contributed by atoms with van der Waals surface area (Å²) in [6, 6.07) is 61.1. The minimum absolute atomic E-state index is 0.539. The van der Waals surface area contributed by atoms with Gasteiger partial charge < -0.3 is 4.74 Å². The molecule has 0 unspecified atom stereocenters. The molecule has 0 radical (unpaired) electrons. The Kier molecular flexibility index (Phi) is 6.36. The highest BCUT2D eigenvalue weighted by Crippen LogP contribution is 2.62. The molecular weight excluding hydrogens is 611 g/mol. The first kappa shape index (κ1) is 28.4. The number of benzene rings is 6. The second kappa shape index (κ2) is 11.2. The number of aromatic nitrogens is 3. The third-order valence-electron chi connectivity index (χ3n) is 9.99. The first-order valence-corrected chi connectivity index (χ1v) is 16.9. The van der Waals surface area contributed by atoms with Crippen LogP contribution in [-0.2, 0) is 5.41 Å². The lowest BCUT2D eigenvalue weighted by Crippen LogP contribution is -2.32. The lowest BCUT2D eigenvalue weighted by atomic mass is 9.66. The second-order valence-electron chi connectivity index (χ2n) is 12.8. The van der Waals surface area contributed by atoms with Crippen LogP contribution < -0.4 is 4.74 Å². The van der Waals surface area contributed by atoms with Gasteiger partial charge in [0.15, 0.2) is 5.82 Å². The molecule has 0 saturated carbocycles. The summed E-state index contributed by atoms with van der Waals surface area (Å²) < 4.78 is 6.65. The molecule has 0 N–H and O–H groups in total. The maximum absolute atomic E-state index is 6.65. The van der Waals surface area contributed by atoms with E-state index in [0.29, 0.717) is 11.5 Å². The van der Waals surface area contributed by atoms with Gasteiger partial charge in [-0.3, -0.25) is 0 Å². The van der Waals surface area contributed by atoms with Gasteiger partial charge in [0.25, 0.3) is 0 Å². The Morgan fingerprint density at radius 2 is 0.880 bits per heavy atom. The van der Waals surface area contributed by atoms with Gasteiger partial charge in [-0.25, -0.2) is 15.0 Å². The van der Waals surface area contributed by atoms with Crippen LogP contribution in [0.25, 0.3) is 56.4 Å². The Morgan fingerprint density at radius 3 is 1.54 bits per heavy atom. The van der Waals surface area contributed by atoms with Gasteiger partial charge in [0.05, 0.1) is 22.5 Å². The van der Waals surface area contributed by atoms with E-state index in [9.17, 15) is 0 Å². The lowest BCUT2D eigenvalue weighted by molar-refractivity contribution is 0.436. The van der Waals surface area contributed by atoms with E-state index in [1.807, 2.05) is 54.6 Å². The standard InChI is InChI=1S/C46H29N3O/c1-3-14-30(15-4-1)41-29-42(31-16-5-2-6-17-31)49-45(48-41)40-24-13-23-39(47-40)32-26-27-44-38(28-32)46(37-22-11-12-25-43(37)50-44)35-20-9-7-18-33(35)34-19-8-10-21-36(34)46/h1-29H. The Bertz CT molecular complexity index is 2480. The molecule has 4 heteroatoms. The van der Waals surface area contributed by atoms with Crippen molar-refractivity contribution in [3.05, 3.63) is 198 Å². The van der Waals surface area contributed by atoms with Gasteiger partial charge >= 0.3 is 0 Å². The Labute approximate surface area is 290 Å². The Morgan fingerprint density at radius 1 is 0.340 bits per heavy atom. The van der Waals surface area contributed by atoms with Crippen LogP contribution in [0.1, 0.15) is 22.3 Å². The number of rotatable bonds is 4. The molecule has 1 spiro atoms. The molecule has 4 nitrogen and oxygen atoms in total.